The highest BCUT2D eigenvalue weighted by molar-refractivity contribution is 5.91. The summed E-state index contributed by atoms with van der Waals surface area (Å²) in [5.41, 5.74) is 4.32. The number of aliphatic hydroxyl groups excluding tert-OH is 1. The Balaban J connectivity index is 1.84. The lowest BCUT2D eigenvalue weighted by atomic mass is 10.1. The van der Waals surface area contributed by atoms with Crippen LogP contribution in [-0.4, -0.2) is 59.8 Å². The molecular weight excluding hydrogens is 448 g/mol. The molecule has 0 aromatic carbocycles. The molecule has 4 N–H and O–H groups in total. The minimum absolute atomic E-state index is 0.0386. The number of nitrogens with two attached hydrogens (primary N) is 1. The molecule has 2 heterocycles. The van der Waals surface area contributed by atoms with Crippen molar-refractivity contribution in [3.63, 3.8) is 0 Å². The van der Waals surface area contributed by atoms with E-state index in [1.807, 2.05) is 0 Å². The Bertz CT molecular complexity index is 1010. The zero-order valence-corrected chi connectivity index (χ0v) is 17.7. The normalized spacial score (nSPS) is 14.5. The summed E-state index contributed by atoms with van der Waals surface area (Å²) < 4.78 is 55.4. The maximum Gasteiger partial charge on any atom is 0.416 e. The van der Waals surface area contributed by atoms with Crippen LogP contribution in [0.1, 0.15) is 35.8 Å². The molecule has 0 aliphatic rings. The van der Waals surface area contributed by atoms with Crippen molar-refractivity contribution in [3.05, 3.63) is 59.9 Å². The van der Waals surface area contributed by atoms with Crippen molar-refractivity contribution in [2.75, 3.05) is 6.54 Å². The number of halogens is 4. The second-order valence-corrected chi connectivity index (χ2v) is 7.07. The summed E-state index contributed by atoms with van der Waals surface area (Å²) in [5, 5.41) is 27.6. The van der Waals surface area contributed by atoms with Gasteiger partial charge in [0, 0.05) is 26.4 Å². The Morgan fingerprint density at radius 1 is 1.30 bits per heavy atom. The molecule has 0 saturated heterocycles. The fourth-order valence-electron chi connectivity index (χ4n) is 2.59. The van der Waals surface area contributed by atoms with Crippen LogP contribution < -0.4 is 11.1 Å². The van der Waals surface area contributed by atoms with Gasteiger partial charge in [-0.25, -0.2) is 9.07 Å². The van der Waals surface area contributed by atoms with E-state index in [4.69, 9.17) is 5.73 Å². The predicted octanol–water partition coefficient (Wildman–Crippen LogP) is 1.60. The average Bonchev–Trinajstić information content (AvgIpc) is 3.39. The van der Waals surface area contributed by atoms with Crippen LogP contribution in [0, 0.1) is 0 Å². The number of aryl methyl sites for hydroxylation is 1. The smallest absolute Gasteiger partial charge is 0.405 e. The number of hydrogen-bond donors (Lipinski definition) is 3. The van der Waals surface area contributed by atoms with Crippen molar-refractivity contribution in [2.24, 2.45) is 5.73 Å². The molecule has 2 rings (SSSR count). The Morgan fingerprint density at radius 3 is 2.61 bits per heavy atom. The molecule has 0 saturated carbocycles. The molecule has 2 aromatic rings. The standard InChI is InChI=1S/C19H24F4N8O2/c1-12(7-14(3-5-24)19(21,22)23)8-25-18(33)17-11-31(29-27-17)9-15(20)4-6-30-10-16(13(2)32)26-28-30/h3,5,7,10-11,15,18,25,33H,1,4,6,8-9,24H2,2H3/b5-3-,14-7+. The van der Waals surface area contributed by atoms with E-state index in [0.717, 1.165) is 12.3 Å². The minimum atomic E-state index is -4.60. The summed E-state index contributed by atoms with van der Waals surface area (Å²) in [6.45, 7) is 4.73. The molecule has 0 aliphatic carbocycles. The van der Waals surface area contributed by atoms with Crippen molar-refractivity contribution >= 4 is 5.78 Å². The average molecular weight is 472 g/mol. The van der Waals surface area contributed by atoms with E-state index in [-0.39, 0.29) is 48.8 Å². The van der Waals surface area contributed by atoms with E-state index in [0.29, 0.717) is 6.08 Å². The quantitative estimate of drug-likeness (QED) is 0.183. The van der Waals surface area contributed by atoms with Gasteiger partial charge in [0.15, 0.2) is 12.0 Å². The van der Waals surface area contributed by atoms with E-state index in [1.54, 1.807) is 0 Å². The third-order valence-corrected chi connectivity index (χ3v) is 4.28. The van der Waals surface area contributed by atoms with Crippen molar-refractivity contribution in [3.8, 4) is 0 Å². The highest BCUT2D eigenvalue weighted by atomic mass is 19.4. The molecule has 2 atom stereocenters. The Labute approximate surface area is 186 Å². The van der Waals surface area contributed by atoms with Crippen molar-refractivity contribution in [2.45, 2.75) is 45.0 Å². The highest BCUT2D eigenvalue weighted by Gasteiger charge is 2.31. The number of aromatic nitrogens is 6. The van der Waals surface area contributed by atoms with E-state index < -0.39 is 24.1 Å². The molecule has 10 nitrogen and oxygen atoms in total. The highest BCUT2D eigenvalue weighted by Crippen LogP contribution is 2.27. The van der Waals surface area contributed by atoms with Crippen molar-refractivity contribution < 1.29 is 27.5 Å². The Kier molecular flexibility index (Phi) is 8.99. The monoisotopic (exact) mass is 472 g/mol. The molecule has 14 heteroatoms. The predicted molar refractivity (Wildman–Crippen MR) is 109 cm³/mol. The molecule has 2 aromatic heterocycles. The first kappa shape index (κ1) is 25.9. The fourth-order valence-corrected chi connectivity index (χ4v) is 2.59. The van der Waals surface area contributed by atoms with E-state index in [9.17, 15) is 27.5 Å². The zero-order valence-electron chi connectivity index (χ0n) is 17.7. The van der Waals surface area contributed by atoms with Crippen molar-refractivity contribution in [1.29, 1.82) is 0 Å². The number of nitrogens with one attached hydrogen (secondary N) is 1. The van der Waals surface area contributed by atoms with Crippen LogP contribution in [0.3, 0.4) is 0 Å². The third kappa shape index (κ3) is 8.23. The van der Waals surface area contributed by atoms with Crippen LogP contribution in [0.5, 0.6) is 0 Å². The van der Waals surface area contributed by atoms with E-state index in [1.165, 1.54) is 28.7 Å². The van der Waals surface area contributed by atoms with Gasteiger partial charge in [-0.1, -0.05) is 17.0 Å². The lowest BCUT2D eigenvalue weighted by molar-refractivity contribution is -0.0882. The molecule has 0 spiro atoms. The van der Waals surface area contributed by atoms with Gasteiger partial charge in [-0.15, -0.1) is 10.2 Å². The number of Topliss-reactive ketones (excluding diaryl/α,β-unsaturated/α-hetero) is 1. The van der Waals surface area contributed by atoms with Crippen LogP contribution in [0.4, 0.5) is 17.6 Å². The van der Waals surface area contributed by atoms with Gasteiger partial charge < -0.3 is 10.8 Å². The number of allylic oxidation sites excluding steroid dienone is 2. The molecule has 33 heavy (non-hydrogen) atoms. The summed E-state index contributed by atoms with van der Waals surface area (Å²) in [4.78, 5) is 11.2. The largest absolute Gasteiger partial charge is 0.416 e. The lowest BCUT2D eigenvalue weighted by Gasteiger charge is -2.12. The number of carbonyl (C=O) groups excluding carboxylic acids is 1. The van der Waals surface area contributed by atoms with E-state index in [2.05, 4.69) is 32.5 Å². The number of hydrogen-bond acceptors (Lipinski definition) is 8. The van der Waals surface area contributed by atoms with Gasteiger partial charge in [-0.3, -0.25) is 14.8 Å². The van der Waals surface area contributed by atoms with Crippen LogP contribution in [0.2, 0.25) is 0 Å². The number of alkyl halides is 4. The number of carbonyl (C=O) groups is 1. The first-order valence-electron chi connectivity index (χ1n) is 9.71. The number of rotatable bonds is 12. The van der Waals surface area contributed by atoms with Gasteiger partial charge in [-0.2, -0.15) is 13.2 Å². The van der Waals surface area contributed by atoms with Crippen LogP contribution in [0.25, 0.3) is 0 Å². The van der Waals surface area contributed by atoms with Gasteiger partial charge >= 0.3 is 6.18 Å². The summed E-state index contributed by atoms with van der Waals surface area (Å²) >= 11 is 0. The third-order valence-electron chi connectivity index (χ3n) is 4.28. The fraction of sp³-hybridized carbons (Fsp3) is 0.421. The first-order chi connectivity index (χ1) is 15.5. The maximum absolute atomic E-state index is 14.3. The van der Waals surface area contributed by atoms with Gasteiger partial charge in [0.2, 0.25) is 0 Å². The van der Waals surface area contributed by atoms with Crippen LogP contribution in [0.15, 0.2) is 48.5 Å². The topological polar surface area (TPSA) is 137 Å². The first-order valence-corrected chi connectivity index (χ1v) is 9.71. The molecule has 0 radical (unpaired) electrons. The van der Waals surface area contributed by atoms with Crippen LogP contribution >= 0.6 is 0 Å². The lowest BCUT2D eigenvalue weighted by Crippen LogP contribution is -2.23. The van der Waals surface area contributed by atoms with Gasteiger partial charge in [0.25, 0.3) is 0 Å². The number of aliphatic hydroxyl groups is 1. The summed E-state index contributed by atoms with van der Waals surface area (Å²) in [6, 6.07) is 0. The van der Waals surface area contributed by atoms with Gasteiger partial charge in [-0.05, 0) is 23.9 Å². The second kappa shape index (κ2) is 11.5. The molecule has 0 aliphatic heterocycles. The summed E-state index contributed by atoms with van der Waals surface area (Å²) in [6.07, 6.45) is -2.22. The molecule has 2 unspecified atom stereocenters. The maximum atomic E-state index is 14.3. The second-order valence-electron chi connectivity index (χ2n) is 7.07. The molecule has 0 amide bonds. The molecule has 0 fully saturated rings. The van der Waals surface area contributed by atoms with Crippen LogP contribution in [-0.2, 0) is 13.1 Å². The minimum Gasteiger partial charge on any atom is -0.405 e. The summed E-state index contributed by atoms with van der Waals surface area (Å²) in [7, 11) is 0. The Hall–Kier alpha value is -3.39. The van der Waals surface area contributed by atoms with Gasteiger partial charge in [0.1, 0.15) is 17.6 Å². The Morgan fingerprint density at radius 2 is 2.00 bits per heavy atom. The summed E-state index contributed by atoms with van der Waals surface area (Å²) in [5.74, 6) is -0.242. The molecule has 180 valence electrons. The zero-order chi connectivity index (χ0) is 24.6. The van der Waals surface area contributed by atoms with E-state index >= 15 is 0 Å². The number of ketones is 1. The molecular formula is C19H24F4N8O2. The molecule has 0 bridgehead atoms. The van der Waals surface area contributed by atoms with Gasteiger partial charge in [0.05, 0.1) is 24.5 Å². The SMILES string of the molecule is C=C(/C=C(\C=C/N)C(F)(F)F)CNC(O)c1cn(CC(F)CCn2cc(C(C)=O)nn2)nn1. The van der Waals surface area contributed by atoms with Crippen molar-refractivity contribution in [1.82, 2.24) is 35.3 Å². The number of nitrogens with zero attached hydrogens (tertiary/aromatic N) is 6.